The fourth-order valence-corrected chi connectivity index (χ4v) is 6.98. The van der Waals surface area contributed by atoms with Gasteiger partial charge in [-0.05, 0) is 63.7 Å². The van der Waals surface area contributed by atoms with Crippen molar-refractivity contribution in [3.63, 3.8) is 0 Å². The molecule has 6 aromatic rings. The quantitative estimate of drug-likeness (QED) is 0.273. The molecule has 0 saturated carbocycles. The van der Waals surface area contributed by atoms with Crippen molar-refractivity contribution in [2.24, 2.45) is 0 Å². The second-order valence-corrected chi connectivity index (χ2v) is 11.0. The van der Waals surface area contributed by atoms with Gasteiger partial charge < -0.3 is 5.32 Å². The molecule has 1 aliphatic carbocycles. The van der Waals surface area contributed by atoms with Crippen LogP contribution in [0.1, 0.15) is 25.0 Å². The van der Waals surface area contributed by atoms with Gasteiger partial charge in [-0.3, -0.25) is 0 Å². The van der Waals surface area contributed by atoms with E-state index in [-0.39, 0.29) is 5.41 Å². The van der Waals surface area contributed by atoms with Crippen molar-refractivity contribution in [2.45, 2.75) is 19.3 Å². The van der Waals surface area contributed by atoms with Crippen LogP contribution in [-0.4, -0.2) is 0 Å². The number of hydrogen-bond acceptors (Lipinski definition) is 2. The third kappa shape index (κ3) is 3.07. The second kappa shape index (κ2) is 7.56. The fraction of sp³-hybridized carbons (Fsp3) is 0.0909. The van der Waals surface area contributed by atoms with Crippen LogP contribution in [0.4, 0.5) is 11.4 Å². The first-order chi connectivity index (χ1) is 17.1. The van der Waals surface area contributed by atoms with Crippen molar-refractivity contribution < 1.29 is 0 Å². The topological polar surface area (TPSA) is 12.0 Å². The van der Waals surface area contributed by atoms with Gasteiger partial charge in [0.1, 0.15) is 0 Å². The molecule has 0 amide bonds. The van der Waals surface area contributed by atoms with Crippen molar-refractivity contribution in [3.05, 3.63) is 120 Å². The minimum atomic E-state index is -0.0874. The maximum Gasteiger partial charge on any atom is 0.0478 e. The van der Waals surface area contributed by atoms with Crippen molar-refractivity contribution in [3.8, 4) is 22.3 Å². The first kappa shape index (κ1) is 20.5. The lowest BCUT2D eigenvalue weighted by molar-refractivity contribution is 0.662. The first-order valence-electron chi connectivity index (χ1n) is 12.1. The molecule has 1 N–H and O–H groups in total. The van der Waals surface area contributed by atoms with Gasteiger partial charge in [0.05, 0.1) is 0 Å². The Kier molecular flexibility index (Phi) is 4.43. The van der Waals surface area contributed by atoms with Gasteiger partial charge in [0.25, 0.3) is 0 Å². The Morgan fingerprint density at radius 1 is 0.629 bits per heavy atom. The second-order valence-electron chi connectivity index (χ2n) is 9.88. The molecule has 0 unspecified atom stereocenters. The van der Waals surface area contributed by atoms with E-state index in [9.17, 15) is 0 Å². The molecule has 7 rings (SSSR count). The van der Waals surface area contributed by atoms with Gasteiger partial charge in [0, 0.05) is 37.0 Å². The van der Waals surface area contributed by atoms with Crippen LogP contribution in [-0.2, 0) is 5.41 Å². The summed E-state index contributed by atoms with van der Waals surface area (Å²) in [6, 6.07) is 39.7. The SMILES string of the molecule is CC1(C)c2cc(Nc3cccc4sc5ccccc5c34)ccc2-c2cccc(-c3ccccc3)c21. The van der Waals surface area contributed by atoms with Crippen LogP contribution in [0.15, 0.2) is 109 Å². The lowest BCUT2D eigenvalue weighted by Gasteiger charge is -2.25. The molecule has 1 aliphatic rings. The number of hydrogen-bond donors (Lipinski definition) is 1. The summed E-state index contributed by atoms with van der Waals surface area (Å²) in [5.41, 5.74) is 10.3. The number of rotatable bonds is 3. The normalized spacial score (nSPS) is 13.7. The van der Waals surface area contributed by atoms with E-state index in [1.807, 2.05) is 11.3 Å². The van der Waals surface area contributed by atoms with Gasteiger partial charge in [0.15, 0.2) is 0 Å². The zero-order valence-corrected chi connectivity index (χ0v) is 20.6. The van der Waals surface area contributed by atoms with Gasteiger partial charge in [0.2, 0.25) is 0 Å². The van der Waals surface area contributed by atoms with Crippen molar-refractivity contribution in [1.82, 2.24) is 0 Å². The van der Waals surface area contributed by atoms with Crippen LogP contribution in [0.2, 0.25) is 0 Å². The molecule has 0 radical (unpaired) electrons. The number of thiophene rings is 1. The third-order valence-corrected chi connectivity index (χ3v) is 8.57. The highest BCUT2D eigenvalue weighted by atomic mass is 32.1. The molecule has 0 fully saturated rings. The molecule has 0 bridgehead atoms. The highest BCUT2D eigenvalue weighted by Gasteiger charge is 2.37. The standard InChI is InChI=1S/C33H25NS/c1-33(2)27-20-22(34-28-15-9-17-30-31(28)26-12-6-7-16-29(26)35-30)18-19-24(27)25-14-8-13-23(32(25)33)21-10-4-3-5-11-21/h3-20,34H,1-2H3. The monoisotopic (exact) mass is 467 g/mol. The molecule has 1 heterocycles. The summed E-state index contributed by atoms with van der Waals surface area (Å²) >= 11 is 1.86. The zero-order chi connectivity index (χ0) is 23.6. The summed E-state index contributed by atoms with van der Waals surface area (Å²) in [6.07, 6.45) is 0. The van der Waals surface area contributed by atoms with E-state index in [4.69, 9.17) is 0 Å². The van der Waals surface area contributed by atoms with Gasteiger partial charge in [-0.25, -0.2) is 0 Å². The molecule has 0 atom stereocenters. The highest BCUT2D eigenvalue weighted by molar-refractivity contribution is 7.25. The van der Waals surface area contributed by atoms with E-state index < -0.39 is 0 Å². The summed E-state index contributed by atoms with van der Waals surface area (Å²) < 4.78 is 2.65. The average molecular weight is 468 g/mol. The largest absolute Gasteiger partial charge is 0.355 e. The molecular weight excluding hydrogens is 442 g/mol. The van der Waals surface area contributed by atoms with E-state index in [1.54, 1.807) is 0 Å². The fourth-order valence-electron chi connectivity index (χ4n) is 5.85. The van der Waals surface area contributed by atoms with E-state index in [2.05, 4.69) is 128 Å². The first-order valence-corrected chi connectivity index (χ1v) is 12.9. The summed E-state index contributed by atoms with van der Waals surface area (Å²) in [5.74, 6) is 0. The molecule has 5 aromatic carbocycles. The molecule has 168 valence electrons. The van der Waals surface area contributed by atoms with Crippen LogP contribution in [0.3, 0.4) is 0 Å². The Labute approximate surface area is 209 Å². The molecule has 0 saturated heterocycles. The molecule has 1 nitrogen and oxygen atoms in total. The Morgan fingerprint density at radius 2 is 1.37 bits per heavy atom. The van der Waals surface area contributed by atoms with E-state index in [0.29, 0.717) is 0 Å². The Bertz CT molecular complexity index is 1740. The van der Waals surface area contributed by atoms with Crippen molar-refractivity contribution in [1.29, 1.82) is 0 Å². The van der Waals surface area contributed by atoms with Gasteiger partial charge in [-0.15, -0.1) is 11.3 Å². The van der Waals surface area contributed by atoms with E-state index in [0.717, 1.165) is 11.4 Å². The van der Waals surface area contributed by atoms with Crippen LogP contribution < -0.4 is 5.32 Å². The maximum atomic E-state index is 3.77. The third-order valence-electron chi connectivity index (χ3n) is 7.44. The predicted octanol–water partition coefficient (Wildman–Crippen LogP) is 9.77. The predicted molar refractivity (Wildman–Crippen MR) is 152 cm³/mol. The molecular formula is C33H25NS. The van der Waals surface area contributed by atoms with Gasteiger partial charge in [-0.1, -0.05) is 92.7 Å². The summed E-state index contributed by atoms with van der Waals surface area (Å²) in [6.45, 7) is 4.72. The summed E-state index contributed by atoms with van der Waals surface area (Å²) in [5, 5.41) is 6.40. The zero-order valence-electron chi connectivity index (χ0n) is 19.8. The van der Waals surface area contributed by atoms with E-state index >= 15 is 0 Å². The molecule has 2 heteroatoms. The van der Waals surface area contributed by atoms with Crippen LogP contribution >= 0.6 is 11.3 Å². The Balaban J connectivity index is 1.35. The molecule has 0 spiro atoms. The number of fused-ring (bicyclic) bond motifs is 6. The van der Waals surface area contributed by atoms with Crippen molar-refractivity contribution in [2.75, 3.05) is 5.32 Å². The molecule has 35 heavy (non-hydrogen) atoms. The number of benzene rings is 5. The lowest BCUT2D eigenvalue weighted by atomic mass is 9.79. The van der Waals surface area contributed by atoms with Gasteiger partial charge >= 0.3 is 0 Å². The summed E-state index contributed by atoms with van der Waals surface area (Å²) in [4.78, 5) is 0. The maximum absolute atomic E-state index is 3.77. The van der Waals surface area contributed by atoms with Gasteiger partial charge in [-0.2, -0.15) is 0 Å². The Hall–Kier alpha value is -3.88. The van der Waals surface area contributed by atoms with Crippen LogP contribution in [0.25, 0.3) is 42.4 Å². The lowest BCUT2D eigenvalue weighted by Crippen LogP contribution is -2.16. The highest BCUT2D eigenvalue weighted by Crippen LogP contribution is 2.53. The minimum absolute atomic E-state index is 0.0874. The number of nitrogens with one attached hydrogen (secondary N) is 1. The average Bonchev–Trinajstić information content (AvgIpc) is 3.38. The summed E-state index contributed by atoms with van der Waals surface area (Å²) in [7, 11) is 0. The Morgan fingerprint density at radius 3 is 2.26 bits per heavy atom. The number of anilines is 2. The van der Waals surface area contributed by atoms with Crippen LogP contribution in [0.5, 0.6) is 0 Å². The molecule has 1 aromatic heterocycles. The van der Waals surface area contributed by atoms with Crippen LogP contribution in [0, 0.1) is 0 Å². The molecule has 0 aliphatic heterocycles. The smallest absolute Gasteiger partial charge is 0.0478 e. The van der Waals surface area contributed by atoms with E-state index in [1.165, 1.54) is 53.6 Å². The van der Waals surface area contributed by atoms with Crippen molar-refractivity contribution >= 4 is 42.9 Å². The minimum Gasteiger partial charge on any atom is -0.355 e.